The van der Waals surface area contributed by atoms with Crippen molar-refractivity contribution in [1.82, 2.24) is 14.9 Å². The number of piperazine rings is 1. The number of non-ortho nitro benzene ring substituents is 1. The van der Waals surface area contributed by atoms with Crippen molar-refractivity contribution in [2.24, 2.45) is 0 Å². The summed E-state index contributed by atoms with van der Waals surface area (Å²) in [6.45, 7) is 9.68. The van der Waals surface area contributed by atoms with E-state index in [2.05, 4.69) is 35.6 Å². The second-order valence-electron chi connectivity index (χ2n) is 7.40. The van der Waals surface area contributed by atoms with Gasteiger partial charge in [0.05, 0.1) is 16.4 Å². The third kappa shape index (κ3) is 3.63. The molecule has 1 saturated heterocycles. The highest BCUT2D eigenvalue weighted by molar-refractivity contribution is 7.18. The van der Waals surface area contributed by atoms with Crippen molar-refractivity contribution in [3.8, 4) is 0 Å². The Morgan fingerprint density at radius 3 is 2.41 bits per heavy atom. The predicted octanol–water partition coefficient (Wildman–Crippen LogP) is 3.68. The molecule has 3 aromatic rings. The number of nitro benzene ring substituents is 1. The van der Waals surface area contributed by atoms with Crippen LogP contribution in [0.3, 0.4) is 0 Å². The molecule has 0 bridgehead atoms. The molecule has 3 heterocycles. The molecule has 0 spiro atoms. The topological polar surface area (TPSA) is 101 Å². The molecule has 0 saturated carbocycles. The van der Waals surface area contributed by atoms with Crippen molar-refractivity contribution in [2.75, 3.05) is 36.8 Å². The van der Waals surface area contributed by atoms with Gasteiger partial charge in [-0.2, -0.15) is 0 Å². The number of anilines is 2. The van der Waals surface area contributed by atoms with Gasteiger partial charge in [0.1, 0.15) is 16.5 Å². The van der Waals surface area contributed by atoms with Crippen molar-refractivity contribution in [2.45, 2.75) is 26.8 Å². The number of nitro groups is 1. The van der Waals surface area contributed by atoms with E-state index < -0.39 is 0 Å². The number of nitrogens with two attached hydrogens (primary N) is 1. The van der Waals surface area contributed by atoms with Crippen LogP contribution in [-0.2, 0) is 0 Å². The minimum Gasteiger partial charge on any atom is -0.383 e. The van der Waals surface area contributed by atoms with Crippen LogP contribution in [0.15, 0.2) is 24.3 Å². The first-order valence-electron chi connectivity index (χ1n) is 9.61. The maximum absolute atomic E-state index is 10.8. The first kappa shape index (κ1) is 19.5. The number of fused-ring (bicyclic) bond motifs is 1. The number of hydrogen-bond acceptors (Lipinski definition) is 8. The maximum atomic E-state index is 10.8. The Balaban J connectivity index is 1.47. The molecule has 1 aliphatic heterocycles. The number of aromatic nitrogens is 2. The van der Waals surface area contributed by atoms with Crippen LogP contribution in [0.4, 0.5) is 17.2 Å². The lowest BCUT2D eigenvalue weighted by Crippen LogP contribution is -2.47. The van der Waals surface area contributed by atoms with E-state index in [-0.39, 0.29) is 16.7 Å². The molecule has 0 radical (unpaired) electrons. The van der Waals surface area contributed by atoms with E-state index in [1.807, 2.05) is 12.1 Å². The van der Waals surface area contributed by atoms with Crippen molar-refractivity contribution in [3.63, 3.8) is 0 Å². The van der Waals surface area contributed by atoms with E-state index in [9.17, 15) is 10.1 Å². The maximum Gasteiger partial charge on any atom is 0.269 e. The summed E-state index contributed by atoms with van der Waals surface area (Å²) in [6.07, 6.45) is 0. The Hall–Kier alpha value is -2.78. The molecule has 4 rings (SSSR count). The lowest BCUT2D eigenvalue weighted by molar-refractivity contribution is -0.384. The van der Waals surface area contributed by atoms with Gasteiger partial charge in [0.15, 0.2) is 0 Å². The standard InChI is InChI=1S/C20H24N6O2S/c1-12-14(3)29-20-17(12)18(21)22-19(23-20)13(2)24-8-10-25(11-9-24)15-4-6-16(7-5-15)26(27)28/h4-7,13H,8-11H2,1-3H3,(H2,21,22,23). The average Bonchev–Trinajstić information content (AvgIpc) is 3.01. The lowest BCUT2D eigenvalue weighted by Gasteiger charge is -2.38. The van der Waals surface area contributed by atoms with Gasteiger partial charge in [0, 0.05) is 48.9 Å². The fourth-order valence-electron chi connectivity index (χ4n) is 3.80. The van der Waals surface area contributed by atoms with Crippen LogP contribution < -0.4 is 10.6 Å². The highest BCUT2D eigenvalue weighted by Gasteiger charge is 2.25. The number of hydrogen-bond donors (Lipinski definition) is 1. The number of thiophene rings is 1. The van der Waals surface area contributed by atoms with Gasteiger partial charge >= 0.3 is 0 Å². The summed E-state index contributed by atoms with van der Waals surface area (Å²) in [6, 6.07) is 6.82. The van der Waals surface area contributed by atoms with Crippen LogP contribution in [0.5, 0.6) is 0 Å². The first-order valence-corrected chi connectivity index (χ1v) is 10.4. The van der Waals surface area contributed by atoms with Crippen LogP contribution in [0.2, 0.25) is 0 Å². The molecular formula is C20H24N6O2S. The molecule has 1 aliphatic rings. The number of aryl methyl sites for hydroxylation is 2. The van der Waals surface area contributed by atoms with Gasteiger partial charge in [-0.1, -0.05) is 0 Å². The average molecular weight is 413 g/mol. The van der Waals surface area contributed by atoms with Gasteiger partial charge in [-0.3, -0.25) is 15.0 Å². The number of nitrogens with zero attached hydrogens (tertiary/aromatic N) is 5. The molecule has 9 heteroatoms. The van der Waals surface area contributed by atoms with E-state index in [4.69, 9.17) is 10.7 Å². The SMILES string of the molecule is Cc1sc2nc(C(C)N3CCN(c4ccc([N+](=O)[O-])cc4)CC3)nc(N)c2c1C. The Bertz CT molecular complexity index is 1060. The van der Waals surface area contributed by atoms with Gasteiger partial charge in [0.2, 0.25) is 0 Å². The molecule has 2 N–H and O–H groups in total. The molecule has 0 aliphatic carbocycles. The van der Waals surface area contributed by atoms with E-state index in [0.717, 1.165) is 47.9 Å². The van der Waals surface area contributed by atoms with Crippen molar-refractivity contribution in [3.05, 3.63) is 50.6 Å². The largest absolute Gasteiger partial charge is 0.383 e. The van der Waals surface area contributed by atoms with Crippen molar-refractivity contribution < 1.29 is 4.92 Å². The molecule has 8 nitrogen and oxygen atoms in total. The molecule has 1 unspecified atom stereocenters. The monoisotopic (exact) mass is 412 g/mol. The Kier molecular flexibility index (Phi) is 5.10. The van der Waals surface area contributed by atoms with Crippen LogP contribution in [0.25, 0.3) is 10.2 Å². The first-order chi connectivity index (χ1) is 13.8. The second-order valence-corrected chi connectivity index (χ2v) is 8.61. The van der Waals surface area contributed by atoms with Crippen LogP contribution in [0, 0.1) is 24.0 Å². The van der Waals surface area contributed by atoms with E-state index >= 15 is 0 Å². The Morgan fingerprint density at radius 2 is 1.79 bits per heavy atom. The summed E-state index contributed by atoms with van der Waals surface area (Å²) in [5.74, 6) is 1.32. The van der Waals surface area contributed by atoms with Crippen LogP contribution >= 0.6 is 11.3 Å². The van der Waals surface area contributed by atoms with Crippen molar-refractivity contribution >= 4 is 38.7 Å². The molecular weight excluding hydrogens is 388 g/mol. The summed E-state index contributed by atoms with van der Waals surface area (Å²) in [5, 5.41) is 11.8. The van der Waals surface area contributed by atoms with E-state index in [1.165, 1.54) is 10.4 Å². The smallest absolute Gasteiger partial charge is 0.269 e. The summed E-state index contributed by atoms with van der Waals surface area (Å²) >= 11 is 1.67. The molecule has 152 valence electrons. The zero-order valence-corrected chi connectivity index (χ0v) is 17.6. The molecule has 29 heavy (non-hydrogen) atoms. The third-order valence-corrected chi connectivity index (χ3v) is 6.84. The van der Waals surface area contributed by atoms with Gasteiger partial charge in [-0.15, -0.1) is 11.3 Å². The highest BCUT2D eigenvalue weighted by atomic mass is 32.1. The fraction of sp³-hybridized carbons (Fsp3) is 0.400. The minimum atomic E-state index is -0.373. The summed E-state index contributed by atoms with van der Waals surface area (Å²) in [5.41, 5.74) is 8.54. The fourth-order valence-corrected chi connectivity index (χ4v) is 4.84. The summed E-state index contributed by atoms with van der Waals surface area (Å²) < 4.78 is 0. The van der Waals surface area contributed by atoms with E-state index in [0.29, 0.717) is 5.82 Å². The third-order valence-electron chi connectivity index (χ3n) is 5.74. The minimum absolute atomic E-state index is 0.0726. The van der Waals surface area contributed by atoms with Crippen LogP contribution in [0.1, 0.15) is 29.2 Å². The normalized spacial score (nSPS) is 16.3. The van der Waals surface area contributed by atoms with Crippen LogP contribution in [-0.4, -0.2) is 46.0 Å². The number of benzene rings is 1. The molecule has 1 atom stereocenters. The van der Waals surface area contributed by atoms with Gasteiger partial charge in [-0.25, -0.2) is 9.97 Å². The lowest BCUT2D eigenvalue weighted by atomic mass is 10.1. The number of rotatable bonds is 4. The van der Waals surface area contributed by atoms with E-state index in [1.54, 1.807) is 23.5 Å². The quantitative estimate of drug-likeness (QED) is 0.515. The van der Waals surface area contributed by atoms with Crippen molar-refractivity contribution in [1.29, 1.82) is 0 Å². The molecule has 2 aromatic heterocycles. The molecule has 1 aromatic carbocycles. The number of nitrogen functional groups attached to an aromatic ring is 1. The summed E-state index contributed by atoms with van der Waals surface area (Å²) in [4.78, 5) is 26.7. The van der Waals surface area contributed by atoms with Gasteiger partial charge in [-0.05, 0) is 38.5 Å². The van der Waals surface area contributed by atoms with Gasteiger partial charge < -0.3 is 10.6 Å². The zero-order valence-electron chi connectivity index (χ0n) is 16.8. The molecule has 0 amide bonds. The highest BCUT2D eigenvalue weighted by Crippen LogP contribution is 2.33. The van der Waals surface area contributed by atoms with Gasteiger partial charge in [0.25, 0.3) is 5.69 Å². The zero-order chi connectivity index (χ0) is 20.7. The summed E-state index contributed by atoms with van der Waals surface area (Å²) in [7, 11) is 0. The second kappa shape index (κ2) is 7.57. The predicted molar refractivity (Wildman–Crippen MR) is 117 cm³/mol. The Morgan fingerprint density at radius 1 is 1.14 bits per heavy atom. The Labute approximate surface area is 173 Å². The molecule has 1 fully saturated rings.